The molecular formula is C19H19N3O2S. The zero-order chi connectivity index (χ0) is 17.2. The maximum absolute atomic E-state index is 12.0. The maximum Gasteiger partial charge on any atom is 0.250 e. The Kier molecular flexibility index (Phi) is 4.36. The lowest BCUT2D eigenvalue weighted by Crippen LogP contribution is -2.23. The van der Waals surface area contributed by atoms with Gasteiger partial charge in [0.05, 0.1) is 5.69 Å². The van der Waals surface area contributed by atoms with Crippen LogP contribution in [0.2, 0.25) is 0 Å². The Balaban J connectivity index is 1.35. The van der Waals surface area contributed by atoms with Crippen LogP contribution < -0.4 is 10.2 Å². The number of nitrogens with one attached hydrogen (secondary N) is 1. The van der Waals surface area contributed by atoms with Crippen molar-refractivity contribution in [3.8, 4) is 0 Å². The Labute approximate surface area is 150 Å². The van der Waals surface area contributed by atoms with Gasteiger partial charge in [-0.05, 0) is 43.0 Å². The lowest BCUT2D eigenvalue weighted by Gasteiger charge is -2.15. The standard InChI is InChI=1S/C19H19N3O2S/c23-17(21-19-20-16(12-25-19)14-6-7-14)10-5-13-3-8-15(9-4-13)22-11-1-2-18(22)24/h3-5,8-10,12,14H,1-2,6-7,11H2,(H,20,21,23)/b10-5+. The molecule has 2 aliphatic rings. The van der Waals surface area contributed by atoms with Crippen molar-refractivity contribution < 1.29 is 9.59 Å². The maximum atomic E-state index is 12.0. The SMILES string of the molecule is O=C(/C=C/c1ccc(N2CCCC2=O)cc1)Nc1nc(C2CC2)cs1. The molecule has 6 heteroatoms. The number of amides is 2. The number of hydrogen-bond acceptors (Lipinski definition) is 4. The van der Waals surface area contributed by atoms with Gasteiger partial charge in [-0.25, -0.2) is 4.98 Å². The second-order valence-corrected chi connectivity index (χ2v) is 7.27. The van der Waals surface area contributed by atoms with Crippen LogP contribution in [-0.2, 0) is 9.59 Å². The number of carbonyl (C=O) groups excluding carboxylic acids is 2. The zero-order valence-electron chi connectivity index (χ0n) is 13.8. The van der Waals surface area contributed by atoms with Gasteiger partial charge in [0.2, 0.25) is 11.8 Å². The molecule has 25 heavy (non-hydrogen) atoms. The van der Waals surface area contributed by atoms with Gasteiger partial charge >= 0.3 is 0 Å². The summed E-state index contributed by atoms with van der Waals surface area (Å²) < 4.78 is 0. The highest BCUT2D eigenvalue weighted by molar-refractivity contribution is 7.14. The molecule has 1 aromatic carbocycles. The summed E-state index contributed by atoms with van der Waals surface area (Å²) in [6.45, 7) is 0.785. The first-order chi connectivity index (χ1) is 12.2. The lowest BCUT2D eigenvalue weighted by molar-refractivity contribution is -0.117. The third kappa shape index (κ3) is 3.79. The minimum atomic E-state index is -0.185. The van der Waals surface area contributed by atoms with Crippen molar-refractivity contribution >= 4 is 40.0 Å². The number of nitrogens with zero attached hydrogens (tertiary/aromatic N) is 2. The van der Waals surface area contributed by atoms with Crippen LogP contribution in [0.15, 0.2) is 35.7 Å². The molecule has 1 aromatic heterocycles. The van der Waals surface area contributed by atoms with Crippen LogP contribution >= 0.6 is 11.3 Å². The van der Waals surface area contributed by atoms with E-state index in [-0.39, 0.29) is 11.8 Å². The molecule has 0 atom stereocenters. The van der Waals surface area contributed by atoms with Crippen LogP contribution in [0.3, 0.4) is 0 Å². The van der Waals surface area contributed by atoms with Crippen molar-refractivity contribution in [3.05, 3.63) is 47.0 Å². The Morgan fingerprint density at radius 1 is 1.28 bits per heavy atom. The van der Waals surface area contributed by atoms with E-state index in [1.54, 1.807) is 11.0 Å². The monoisotopic (exact) mass is 353 g/mol. The fourth-order valence-electron chi connectivity index (χ4n) is 2.92. The average Bonchev–Trinajstić information content (AvgIpc) is 3.22. The molecule has 2 fully saturated rings. The Morgan fingerprint density at radius 3 is 2.76 bits per heavy atom. The van der Waals surface area contributed by atoms with Crippen LogP contribution in [-0.4, -0.2) is 23.3 Å². The van der Waals surface area contributed by atoms with Crippen LogP contribution in [0.4, 0.5) is 10.8 Å². The van der Waals surface area contributed by atoms with Gasteiger partial charge in [-0.15, -0.1) is 11.3 Å². The van der Waals surface area contributed by atoms with Gasteiger partial charge in [0, 0.05) is 36.0 Å². The van der Waals surface area contributed by atoms with Crippen molar-refractivity contribution in [2.45, 2.75) is 31.6 Å². The Hall–Kier alpha value is -2.47. The third-order valence-corrected chi connectivity index (χ3v) is 5.23. The largest absolute Gasteiger partial charge is 0.312 e. The molecule has 2 amide bonds. The molecule has 0 radical (unpaired) electrons. The summed E-state index contributed by atoms with van der Waals surface area (Å²) in [5.41, 5.74) is 2.93. The molecule has 0 bridgehead atoms. The van der Waals surface area contributed by atoms with E-state index in [1.165, 1.54) is 30.3 Å². The molecule has 0 spiro atoms. The van der Waals surface area contributed by atoms with E-state index >= 15 is 0 Å². The summed E-state index contributed by atoms with van der Waals surface area (Å²) in [7, 11) is 0. The van der Waals surface area contributed by atoms with Crippen LogP contribution in [0.25, 0.3) is 6.08 Å². The predicted octanol–water partition coefficient (Wildman–Crippen LogP) is 3.80. The number of hydrogen-bond donors (Lipinski definition) is 1. The van der Waals surface area contributed by atoms with E-state index < -0.39 is 0 Å². The quantitative estimate of drug-likeness (QED) is 0.832. The molecule has 2 aromatic rings. The number of anilines is 2. The van der Waals surface area contributed by atoms with Crippen LogP contribution in [0.5, 0.6) is 0 Å². The molecule has 1 saturated heterocycles. The van der Waals surface area contributed by atoms with Crippen molar-refractivity contribution in [2.24, 2.45) is 0 Å². The number of carbonyl (C=O) groups is 2. The van der Waals surface area contributed by atoms with Crippen molar-refractivity contribution in [2.75, 3.05) is 16.8 Å². The van der Waals surface area contributed by atoms with Gasteiger partial charge in [0.15, 0.2) is 5.13 Å². The normalized spacial score (nSPS) is 17.4. The predicted molar refractivity (Wildman–Crippen MR) is 99.8 cm³/mol. The van der Waals surface area contributed by atoms with Gasteiger partial charge in [-0.1, -0.05) is 12.1 Å². The van der Waals surface area contributed by atoms with E-state index in [4.69, 9.17) is 0 Å². The van der Waals surface area contributed by atoms with Gasteiger partial charge in [-0.2, -0.15) is 0 Å². The molecule has 4 rings (SSSR count). The van der Waals surface area contributed by atoms with E-state index in [2.05, 4.69) is 10.3 Å². The van der Waals surface area contributed by atoms with E-state index in [0.29, 0.717) is 17.5 Å². The summed E-state index contributed by atoms with van der Waals surface area (Å²) in [6.07, 6.45) is 7.22. The van der Waals surface area contributed by atoms with Crippen LogP contribution in [0.1, 0.15) is 42.9 Å². The minimum absolute atomic E-state index is 0.177. The molecule has 2 heterocycles. The third-order valence-electron chi connectivity index (χ3n) is 4.45. The van der Waals surface area contributed by atoms with Crippen molar-refractivity contribution in [1.82, 2.24) is 4.98 Å². The summed E-state index contributed by atoms with van der Waals surface area (Å²) in [5, 5.41) is 5.48. The summed E-state index contributed by atoms with van der Waals surface area (Å²) in [4.78, 5) is 30.0. The van der Waals surface area contributed by atoms with Crippen molar-refractivity contribution in [3.63, 3.8) is 0 Å². The number of benzene rings is 1. The first-order valence-corrected chi connectivity index (χ1v) is 9.42. The Morgan fingerprint density at radius 2 is 2.08 bits per heavy atom. The fraction of sp³-hybridized carbons (Fsp3) is 0.316. The number of rotatable bonds is 5. The lowest BCUT2D eigenvalue weighted by atomic mass is 10.2. The number of thiazole rings is 1. The molecule has 1 saturated carbocycles. The van der Waals surface area contributed by atoms with Gasteiger partial charge in [-0.3, -0.25) is 14.9 Å². The molecule has 1 aliphatic heterocycles. The molecule has 128 valence electrons. The summed E-state index contributed by atoms with van der Waals surface area (Å²) in [6, 6.07) is 7.67. The smallest absolute Gasteiger partial charge is 0.250 e. The van der Waals surface area contributed by atoms with Gasteiger partial charge < -0.3 is 4.90 Å². The zero-order valence-corrected chi connectivity index (χ0v) is 14.6. The topological polar surface area (TPSA) is 62.3 Å². The fourth-order valence-corrected chi connectivity index (χ4v) is 3.71. The summed E-state index contributed by atoms with van der Waals surface area (Å²) in [5.74, 6) is 0.589. The first kappa shape index (κ1) is 16.0. The molecule has 1 aliphatic carbocycles. The second kappa shape index (κ2) is 6.80. The van der Waals surface area contributed by atoms with E-state index in [1.807, 2.05) is 29.6 Å². The summed E-state index contributed by atoms with van der Waals surface area (Å²) >= 11 is 1.47. The molecule has 5 nitrogen and oxygen atoms in total. The van der Waals surface area contributed by atoms with Gasteiger partial charge in [0.1, 0.15) is 0 Å². The molecule has 0 unspecified atom stereocenters. The van der Waals surface area contributed by atoms with Gasteiger partial charge in [0.25, 0.3) is 0 Å². The van der Waals surface area contributed by atoms with Crippen LogP contribution in [0, 0.1) is 0 Å². The first-order valence-electron chi connectivity index (χ1n) is 8.54. The van der Waals surface area contributed by atoms with E-state index in [9.17, 15) is 9.59 Å². The molecule has 1 N–H and O–H groups in total. The number of aromatic nitrogens is 1. The Bertz CT molecular complexity index is 821. The highest BCUT2D eigenvalue weighted by Gasteiger charge is 2.26. The van der Waals surface area contributed by atoms with Crippen molar-refractivity contribution in [1.29, 1.82) is 0 Å². The molecular weight excluding hydrogens is 334 g/mol. The highest BCUT2D eigenvalue weighted by atomic mass is 32.1. The van der Waals surface area contributed by atoms with E-state index in [0.717, 1.165) is 29.9 Å². The second-order valence-electron chi connectivity index (χ2n) is 6.41. The average molecular weight is 353 g/mol. The highest BCUT2D eigenvalue weighted by Crippen LogP contribution is 2.40. The minimum Gasteiger partial charge on any atom is -0.312 e.